The standard InChI is InChI=1S/C8H6N2O3/c9-5-8(3-4-8)6-1-2-7(13-6)10(11)12/h1-2H,3-4H2. The second-order valence-corrected chi connectivity index (χ2v) is 3.09. The van der Waals surface area contributed by atoms with Crippen LogP contribution in [0.3, 0.4) is 0 Å². The maximum Gasteiger partial charge on any atom is 0.433 e. The highest BCUT2D eigenvalue weighted by Gasteiger charge is 2.48. The molecule has 0 amide bonds. The highest BCUT2D eigenvalue weighted by atomic mass is 16.6. The lowest BCUT2D eigenvalue weighted by Crippen LogP contribution is -1.99. The van der Waals surface area contributed by atoms with Crippen LogP contribution in [0.15, 0.2) is 16.5 Å². The molecule has 0 spiro atoms. The molecular formula is C8H6N2O3. The van der Waals surface area contributed by atoms with Gasteiger partial charge >= 0.3 is 5.88 Å². The Morgan fingerprint density at radius 2 is 2.31 bits per heavy atom. The van der Waals surface area contributed by atoms with Gasteiger partial charge in [0.25, 0.3) is 0 Å². The Bertz CT molecular complexity index is 398. The van der Waals surface area contributed by atoms with Crippen molar-refractivity contribution in [3.63, 3.8) is 0 Å². The van der Waals surface area contributed by atoms with Gasteiger partial charge in [-0.2, -0.15) is 5.26 Å². The Balaban J connectivity index is 2.34. The molecule has 5 nitrogen and oxygen atoms in total. The third-order valence-corrected chi connectivity index (χ3v) is 2.21. The van der Waals surface area contributed by atoms with Gasteiger partial charge < -0.3 is 4.42 Å². The molecule has 1 aliphatic rings. The first-order chi connectivity index (χ1) is 6.18. The van der Waals surface area contributed by atoms with Crippen molar-refractivity contribution in [3.05, 3.63) is 28.0 Å². The summed E-state index contributed by atoms with van der Waals surface area (Å²) in [5.74, 6) is 0.123. The van der Waals surface area contributed by atoms with Crippen molar-refractivity contribution in [1.82, 2.24) is 0 Å². The maximum atomic E-state index is 10.3. The number of rotatable bonds is 2. The van der Waals surface area contributed by atoms with Crippen molar-refractivity contribution >= 4 is 5.88 Å². The third-order valence-electron chi connectivity index (χ3n) is 2.21. The topological polar surface area (TPSA) is 80.1 Å². The van der Waals surface area contributed by atoms with Crippen molar-refractivity contribution in [2.24, 2.45) is 0 Å². The molecule has 0 N–H and O–H groups in total. The first-order valence-electron chi connectivity index (χ1n) is 3.84. The largest absolute Gasteiger partial charge is 0.433 e. The van der Waals surface area contributed by atoms with Gasteiger partial charge in [0.05, 0.1) is 12.1 Å². The van der Waals surface area contributed by atoms with Gasteiger partial charge in [-0.15, -0.1) is 0 Å². The van der Waals surface area contributed by atoms with Crippen molar-refractivity contribution in [3.8, 4) is 6.07 Å². The smallest absolute Gasteiger partial charge is 0.404 e. The van der Waals surface area contributed by atoms with Crippen LogP contribution in [0.25, 0.3) is 0 Å². The highest BCUT2D eigenvalue weighted by molar-refractivity contribution is 5.35. The first kappa shape index (κ1) is 7.80. The van der Waals surface area contributed by atoms with Gasteiger partial charge in [0.15, 0.2) is 0 Å². The Labute approximate surface area is 73.7 Å². The van der Waals surface area contributed by atoms with Crippen LogP contribution in [0.1, 0.15) is 18.6 Å². The second-order valence-electron chi connectivity index (χ2n) is 3.09. The quantitative estimate of drug-likeness (QED) is 0.510. The number of hydrogen-bond acceptors (Lipinski definition) is 4. The number of nitriles is 1. The summed E-state index contributed by atoms with van der Waals surface area (Å²) in [6.45, 7) is 0. The minimum atomic E-state index is -0.600. The van der Waals surface area contributed by atoms with E-state index < -0.39 is 10.3 Å². The fraction of sp³-hybridized carbons (Fsp3) is 0.375. The molecule has 0 bridgehead atoms. The molecule has 66 valence electrons. The van der Waals surface area contributed by atoms with E-state index in [2.05, 4.69) is 6.07 Å². The summed E-state index contributed by atoms with van der Waals surface area (Å²) in [6.07, 6.45) is 1.46. The molecule has 0 unspecified atom stereocenters. The number of nitrogens with zero attached hydrogens (tertiary/aromatic N) is 2. The Morgan fingerprint density at radius 1 is 1.62 bits per heavy atom. The summed E-state index contributed by atoms with van der Waals surface area (Å²) in [4.78, 5) is 9.68. The van der Waals surface area contributed by atoms with Gasteiger partial charge in [0.1, 0.15) is 16.1 Å². The van der Waals surface area contributed by atoms with Crippen molar-refractivity contribution in [2.75, 3.05) is 0 Å². The summed E-state index contributed by atoms with van der Waals surface area (Å²) in [5.41, 5.74) is -0.575. The van der Waals surface area contributed by atoms with Crippen molar-refractivity contribution in [2.45, 2.75) is 18.3 Å². The van der Waals surface area contributed by atoms with Crippen LogP contribution in [0.4, 0.5) is 5.88 Å². The normalized spacial score (nSPS) is 17.8. The lowest BCUT2D eigenvalue weighted by Gasteiger charge is -1.96. The Kier molecular flexibility index (Phi) is 1.40. The summed E-state index contributed by atoms with van der Waals surface area (Å²) in [7, 11) is 0. The number of nitro groups is 1. The fourth-order valence-corrected chi connectivity index (χ4v) is 1.22. The predicted molar refractivity (Wildman–Crippen MR) is 41.9 cm³/mol. The van der Waals surface area contributed by atoms with E-state index in [1.165, 1.54) is 12.1 Å². The maximum absolute atomic E-state index is 10.3. The average molecular weight is 178 g/mol. The molecule has 1 aromatic heterocycles. The Morgan fingerprint density at radius 3 is 2.69 bits per heavy atom. The average Bonchev–Trinajstić information content (AvgIpc) is 2.75. The van der Waals surface area contributed by atoms with E-state index in [1.807, 2.05) is 0 Å². The molecule has 5 heteroatoms. The van der Waals surface area contributed by atoms with Crippen LogP contribution < -0.4 is 0 Å². The lowest BCUT2D eigenvalue weighted by atomic mass is 10.1. The summed E-state index contributed by atoms with van der Waals surface area (Å²) < 4.78 is 4.94. The summed E-state index contributed by atoms with van der Waals surface area (Å²) >= 11 is 0. The monoisotopic (exact) mass is 178 g/mol. The molecule has 1 fully saturated rings. The van der Waals surface area contributed by atoms with Crippen LogP contribution in [0, 0.1) is 21.4 Å². The first-order valence-corrected chi connectivity index (χ1v) is 3.84. The zero-order chi connectivity index (χ0) is 9.47. The summed E-state index contributed by atoms with van der Waals surface area (Å²) in [6, 6.07) is 4.90. The molecule has 0 atom stereocenters. The van der Waals surface area contributed by atoms with Gasteiger partial charge in [-0.3, -0.25) is 10.1 Å². The van der Waals surface area contributed by atoms with E-state index in [4.69, 9.17) is 9.68 Å². The van der Waals surface area contributed by atoms with Crippen LogP contribution in [-0.4, -0.2) is 4.92 Å². The fourth-order valence-electron chi connectivity index (χ4n) is 1.22. The van der Waals surface area contributed by atoms with E-state index in [0.717, 1.165) is 12.8 Å². The van der Waals surface area contributed by atoms with E-state index >= 15 is 0 Å². The summed E-state index contributed by atoms with van der Waals surface area (Å²) in [5, 5.41) is 19.1. The number of hydrogen-bond donors (Lipinski definition) is 0. The molecule has 1 heterocycles. The molecule has 0 aliphatic heterocycles. The number of furan rings is 1. The highest BCUT2D eigenvalue weighted by Crippen LogP contribution is 2.48. The van der Waals surface area contributed by atoms with E-state index in [-0.39, 0.29) is 5.88 Å². The molecule has 1 aliphatic carbocycles. The lowest BCUT2D eigenvalue weighted by molar-refractivity contribution is -0.402. The van der Waals surface area contributed by atoms with Crippen molar-refractivity contribution in [1.29, 1.82) is 5.26 Å². The van der Waals surface area contributed by atoms with Gasteiger partial charge in [0.2, 0.25) is 0 Å². The molecule has 0 aromatic carbocycles. The molecule has 0 radical (unpaired) electrons. The van der Waals surface area contributed by atoms with E-state index in [1.54, 1.807) is 0 Å². The molecule has 2 rings (SSSR count). The molecule has 1 aromatic rings. The second kappa shape index (κ2) is 2.33. The molecule has 0 saturated heterocycles. The minimum Gasteiger partial charge on any atom is -0.404 e. The Hall–Kier alpha value is -1.83. The molecular weight excluding hydrogens is 172 g/mol. The van der Waals surface area contributed by atoms with Crippen molar-refractivity contribution < 1.29 is 9.34 Å². The zero-order valence-corrected chi connectivity index (χ0v) is 6.69. The molecule has 1 saturated carbocycles. The van der Waals surface area contributed by atoms with Gasteiger partial charge in [-0.05, 0) is 18.9 Å². The van der Waals surface area contributed by atoms with Crippen LogP contribution in [0.2, 0.25) is 0 Å². The molecule has 13 heavy (non-hydrogen) atoms. The van der Waals surface area contributed by atoms with Gasteiger partial charge in [-0.1, -0.05) is 0 Å². The SMILES string of the molecule is N#CC1(c2ccc([N+](=O)[O-])o2)CC1. The van der Waals surface area contributed by atoms with Crippen LogP contribution in [0.5, 0.6) is 0 Å². The zero-order valence-electron chi connectivity index (χ0n) is 6.69. The van der Waals surface area contributed by atoms with Gasteiger partial charge in [-0.25, -0.2) is 0 Å². The third kappa shape index (κ3) is 1.07. The van der Waals surface area contributed by atoms with Crippen LogP contribution >= 0.6 is 0 Å². The van der Waals surface area contributed by atoms with Gasteiger partial charge in [0, 0.05) is 0 Å². The van der Waals surface area contributed by atoms with Crippen LogP contribution in [-0.2, 0) is 5.41 Å². The predicted octanol–water partition coefficient (Wildman–Crippen LogP) is 1.74. The van der Waals surface area contributed by atoms with E-state index in [0.29, 0.717) is 5.76 Å². The van der Waals surface area contributed by atoms with E-state index in [9.17, 15) is 10.1 Å². The minimum absolute atomic E-state index is 0.295.